The van der Waals surface area contributed by atoms with Crippen LogP contribution in [0.2, 0.25) is 0 Å². The molecule has 7 nitrogen and oxygen atoms in total. The predicted molar refractivity (Wildman–Crippen MR) is 159 cm³/mol. The molecule has 1 aliphatic heterocycles. The molecule has 40 heavy (non-hydrogen) atoms. The number of benzene rings is 3. The van der Waals surface area contributed by atoms with Gasteiger partial charge in [0.05, 0.1) is 26.3 Å². The highest BCUT2D eigenvalue weighted by molar-refractivity contribution is 5.56. The van der Waals surface area contributed by atoms with E-state index >= 15 is 0 Å². The van der Waals surface area contributed by atoms with Crippen LogP contribution in [0.3, 0.4) is 0 Å². The van der Waals surface area contributed by atoms with Crippen molar-refractivity contribution in [3.8, 4) is 17.1 Å². The lowest BCUT2D eigenvalue weighted by Gasteiger charge is -2.47. The summed E-state index contributed by atoms with van der Waals surface area (Å²) in [6, 6.07) is 29.0. The van der Waals surface area contributed by atoms with Gasteiger partial charge >= 0.3 is 0 Å². The lowest BCUT2D eigenvalue weighted by atomic mass is 9.92. The molecule has 3 aromatic carbocycles. The van der Waals surface area contributed by atoms with Crippen molar-refractivity contribution in [2.45, 2.75) is 52.0 Å². The van der Waals surface area contributed by atoms with Gasteiger partial charge in [0.2, 0.25) is 0 Å². The third-order valence-electron chi connectivity index (χ3n) is 7.88. The van der Waals surface area contributed by atoms with Crippen molar-refractivity contribution in [3.63, 3.8) is 0 Å². The van der Waals surface area contributed by atoms with Crippen LogP contribution in [0.4, 0.5) is 0 Å². The summed E-state index contributed by atoms with van der Waals surface area (Å²) >= 11 is 0. The molecule has 0 amide bonds. The van der Waals surface area contributed by atoms with Crippen molar-refractivity contribution < 1.29 is 9.47 Å². The molecule has 0 N–H and O–H groups in total. The molecule has 1 aliphatic rings. The number of aromatic nitrogens is 3. The van der Waals surface area contributed by atoms with E-state index in [-0.39, 0.29) is 6.04 Å². The smallest absolute Gasteiger partial charge is 0.158 e. The summed E-state index contributed by atoms with van der Waals surface area (Å²) in [5.74, 6) is 1.74. The number of methoxy groups -OCH3 is 1. The first-order chi connectivity index (χ1) is 19.6. The standard InChI is InChI=1S/C33H41N5O2/c1-5-40-19-18-38-33(34-24-35-38)29-16-14-28(15-17-29)32(30-12-9-13-31(20-30)39-4)37-22-25(2)36(21-26(37)3)23-27-10-7-6-8-11-27/h6-17,20,24-26,32H,5,18-19,21-23H2,1-4H3/t25-,26+,32?/m1/s1. The van der Waals surface area contributed by atoms with Gasteiger partial charge in [-0.05, 0) is 49.6 Å². The molecule has 1 saturated heterocycles. The molecule has 0 bridgehead atoms. The second-order valence-corrected chi connectivity index (χ2v) is 10.6. The third kappa shape index (κ3) is 6.44. The SMILES string of the molecule is CCOCCn1ncnc1-c1ccc(C(c2cccc(OC)c2)N2C[C@@H](C)N(Cc3ccccc3)C[C@@H]2C)cc1. The summed E-state index contributed by atoms with van der Waals surface area (Å²) in [5, 5.41) is 4.42. The second kappa shape index (κ2) is 13.2. The average molecular weight is 540 g/mol. The molecule has 4 aromatic rings. The van der Waals surface area contributed by atoms with Crippen LogP contribution in [0.15, 0.2) is 85.2 Å². The third-order valence-corrected chi connectivity index (χ3v) is 7.88. The minimum absolute atomic E-state index is 0.108. The maximum atomic E-state index is 5.63. The number of hydrogen-bond donors (Lipinski definition) is 0. The van der Waals surface area contributed by atoms with Crippen LogP contribution in [0.1, 0.15) is 43.5 Å². The Labute approximate surface area is 238 Å². The van der Waals surface area contributed by atoms with Gasteiger partial charge in [-0.25, -0.2) is 9.67 Å². The highest BCUT2D eigenvalue weighted by atomic mass is 16.5. The highest BCUT2D eigenvalue weighted by Gasteiger charge is 2.35. The topological polar surface area (TPSA) is 55.7 Å². The van der Waals surface area contributed by atoms with Crippen molar-refractivity contribution >= 4 is 0 Å². The van der Waals surface area contributed by atoms with Gasteiger partial charge in [0, 0.05) is 43.9 Å². The van der Waals surface area contributed by atoms with E-state index in [9.17, 15) is 0 Å². The molecule has 0 aliphatic carbocycles. The van der Waals surface area contributed by atoms with Crippen molar-refractivity contribution in [1.29, 1.82) is 0 Å². The van der Waals surface area contributed by atoms with E-state index in [0.717, 1.165) is 36.8 Å². The number of hydrogen-bond acceptors (Lipinski definition) is 6. The number of nitrogens with zero attached hydrogens (tertiary/aromatic N) is 5. The lowest BCUT2D eigenvalue weighted by Crippen LogP contribution is -2.56. The van der Waals surface area contributed by atoms with Gasteiger partial charge in [-0.1, -0.05) is 66.7 Å². The van der Waals surface area contributed by atoms with E-state index in [1.807, 2.05) is 17.7 Å². The van der Waals surface area contributed by atoms with E-state index in [4.69, 9.17) is 9.47 Å². The molecule has 1 fully saturated rings. The van der Waals surface area contributed by atoms with E-state index in [1.54, 1.807) is 13.4 Å². The van der Waals surface area contributed by atoms with Gasteiger partial charge in [-0.15, -0.1) is 0 Å². The molecule has 5 rings (SSSR count). The van der Waals surface area contributed by atoms with Gasteiger partial charge in [-0.2, -0.15) is 5.10 Å². The Morgan fingerprint density at radius 1 is 0.900 bits per heavy atom. The quantitative estimate of drug-likeness (QED) is 0.229. The second-order valence-electron chi connectivity index (χ2n) is 10.6. The largest absolute Gasteiger partial charge is 0.497 e. The fraction of sp³-hybridized carbons (Fsp3) is 0.394. The Morgan fingerprint density at radius 3 is 2.45 bits per heavy atom. The molecule has 210 valence electrons. The van der Waals surface area contributed by atoms with E-state index in [0.29, 0.717) is 31.8 Å². The molecule has 3 atom stereocenters. The first kappa shape index (κ1) is 28.0. The predicted octanol–water partition coefficient (Wildman–Crippen LogP) is 5.67. The Bertz CT molecular complexity index is 1340. The Morgan fingerprint density at radius 2 is 1.70 bits per heavy atom. The summed E-state index contributed by atoms with van der Waals surface area (Å²) < 4.78 is 13.1. The molecule has 0 radical (unpaired) electrons. The van der Waals surface area contributed by atoms with Crippen LogP contribution in [-0.2, 0) is 17.8 Å². The van der Waals surface area contributed by atoms with Crippen molar-refractivity contribution in [2.75, 3.05) is 33.4 Å². The van der Waals surface area contributed by atoms with Crippen LogP contribution in [0.5, 0.6) is 5.75 Å². The average Bonchev–Trinajstić information content (AvgIpc) is 3.45. The number of piperazine rings is 1. The molecule has 2 heterocycles. The Hall–Kier alpha value is -3.52. The van der Waals surface area contributed by atoms with Gasteiger partial charge in [0.1, 0.15) is 12.1 Å². The Balaban J connectivity index is 1.42. The summed E-state index contributed by atoms with van der Waals surface area (Å²) in [5.41, 5.74) is 4.91. The van der Waals surface area contributed by atoms with Gasteiger partial charge in [-0.3, -0.25) is 9.80 Å². The first-order valence-electron chi connectivity index (χ1n) is 14.3. The van der Waals surface area contributed by atoms with Gasteiger partial charge in [0.15, 0.2) is 5.82 Å². The number of ether oxygens (including phenoxy) is 2. The maximum Gasteiger partial charge on any atom is 0.158 e. The van der Waals surface area contributed by atoms with E-state index in [1.165, 1.54) is 16.7 Å². The summed E-state index contributed by atoms with van der Waals surface area (Å²) in [6.45, 7) is 11.7. The van der Waals surface area contributed by atoms with Gasteiger partial charge in [0.25, 0.3) is 0 Å². The molecule has 0 saturated carbocycles. The fourth-order valence-corrected chi connectivity index (χ4v) is 5.77. The van der Waals surface area contributed by atoms with Crippen molar-refractivity contribution in [1.82, 2.24) is 24.6 Å². The van der Waals surface area contributed by atoms with Crippen LogP contribution in [-0.4, -0.2) is 70.1 Å². The molecule has 1 unspecified atom stereocenters. The summed E-state index contributed by atoms with van der Waals surface area (Å²) in [4.78, 5) is 9.80. The number of rotatable bonds is 11. The van der Waals surface area contributed by atoms with Crippen LogP contribution >= 0.6 is 0 Å². The zero-order valence-corrected chi connectivity index (χ0v) is 24.1. The zero-order chi connectivity index (χ0) is 27.9. The fourth-order valence-electron chi connectivity index (χ4n) is 5.77. The summed E-state index contributed by atoms with van der Waals surface area (Å²) in [7, 11) is 1.73. The van der Waals surface area contributed by atoms with Crippen LogP contribution in [0.25, 0.3) is 11.4 Å². The van der Waals surface area contributed by atoms with E-state index < -0.39 is 0 Å². The highest BCUT2D eigenvalue weighted by Crippen LogP contribution is 2.35. The van der Waals surface area contributed by atoms with Gasteiger partial charge < -0.3 is 9.47 Å². The Kier molecular flexibility index (Phi) is 9.26. The monoisotopic (exact) mass is 539 g/mol. The first-order valence-corrected chi connectivity index (χ1v) is 14.3. The molecule has 1 aromatic heterocycles. The van der Waals surface area contributed by atoms with Crippen LogP contribution in [0, 0.1) is 0 Å². The van der Waals surface area contributed by atoms with Crippen molar-refractivity contribution in [2.24, 2.45) is 0 Å². The minimum Gasteiger partial charge on any atom is -0.497 e. The minimum atomic E-state index is 0.108. The normalized spacial score (nSPS) is 19.0. The van der Waals surface area contributed by atoms with Crippen LogP contribution < -0.4 is 4.74 Å². The molecule has 7 heteroatoms. The molecular weight excluding hydrogens is 498 g/mol. The lowest BCUT2D eigenvalue weighted by molar-refractivity contribution is 0.0195. The summed E-state index contributed by atoms with van der Waals surface area (Å²) in [6.07, 6.45) is 1.62. The molecular formula is C33H41N5O2. The molecule has 0 spiro atoms. The maximum absolute atomic E-state index is 5.63. The zero-order valence-electron chi connectivity index (χ0n) is 24.1. The van der Waals surface area contributed by atoms with Crippen molar-refractivity contribution in [3.05, 3.63) is 102 Å². The van der Waals surface area contributed by atoms with E-state index in [2.05, 4.69) is 107 Å².